The van der Waals surface area contributed by atoms with Crippen LogP contribution in [0, 0.1) is 0 Å². The van der Waals surface area contributed by atoms with Gasteiger partial charge in [0.05, 0.1) is 24.5 Å². The molecule has 0 spiro atoms. The lowest BCUT2D eigenvalue weighted by Gasteiger charge is -2.15. The average Bonchev–Trinajstić information content (AvgIpc) is 2.93. The predicted molar refractivity (Wildman–Crippen MR) is 79.8 cm³/mol. The molecule has 2 atom stereocenters. The van der Waals surface area contributed by atoms with Crippen molar-refractivity contribution in [1.29, 1.82) is 0 Å². The van der Waals surface area contributed by atoms with E-state index in [1.165, 1.54) is 5.56 Å². The summed E-state index contributed by atoms with van der Waals surface area (Å²) in [4.78, 5) is 4.53. The van der Waals surface area contributed by atoms with Gasteiger partial charge in [0.2, 0.25) is 0 Å². The maximum absolute atomic E-state index is 5.31. The van der Waals surface area contributed by atoms with Crippen LogP contribution in [0.1, 0.15) is 10.8 Å². The van der Waals surface area contributed by atoms with Crippen molar-refractivity contribution in [1.82, 2.24) is 5.32 Å². The number of nitrogens with zero attached hydrogens (tertiary/aromatic N) is 1. The number of nitrogens with one attached hydrogen (secondary N) is 1. The van der Waals surface area contributed by atoms with E-state index in [0.29, 0.717) is 11.9 Å². The van der Waals surface area contributed by atoms with Crippen LogP contribution < -0.4 is 5.32 Å². The molecule has 0 aromatic heterocycles. The minimum absolute atomic E-state index is 0.0593. The third-order valence-electron chi connectivity index (χ3n) is 2.99. The van der Waals surface area contributed by atoms with Crippen molar-refractivity contribution in [3.05, 3.63) is 35.9 Å². The molecule has 0 bridgehead atoms. The zero-order valence-corrected chi connectivity index (χ0v) is 12.2. The highest BCUT2D eigenvalue weighted by Crippen LogP contribution is 2.34. The number of benzene rings is 1. The van der Waals surface area contributed by atoms with Crippen LogP contribution in [0.15, 0.2) is 35.3 Å². The lowest BCUT2D eigenvalue weighted by Crippen LogP contribution is -2.33. The smallest absolute Gasteiger partial charge is 0.157 e. The van der Waals surface area contributed by atoms with Gasteiger partial charge in [-0.2, -0.15) is 0 Å². The molecule has 1 aliphatic heterocycles. The molecule has 0 radical (unpaired) electrons. The molecule has 0 saturated carbocycles. The van der Waals surface area contributed by atoms with Crippen molar-refractivity contribution >= 4 is 16.9 Å². The zero-order valence-electron chi connectivity index (χ0n) is 11.3. The van der Waals surface area contributed by atoms with Crippen molar-refractivity contribution in [3.63, 3.8) is 0 Å². The summed E-state index contributed by atoms with van der Waals surface area (Å²) in [5.41, 5.74) is 1.33. The fraction of sp³-hybridized carbons (Fsp3) is 0.500. The molecule has 4 nitrogen and oxygen atoms in total. The molecule has 1 heterocycles. The van der Waals surface area contributed by atoms with Gasteiger partial charge in [-0.15, -0.1) is 0 Å². The topological polar surface area (TPSA) is 42.8 Å². The largest absolute Gasteiger partial charge is 0.382 e. The van der Waals surface area contributed by atoms with Gasteiger partial charge in [-0.05, 0) is 5.56 Å². The summed E-state index contributed by atoms with van der Waals surface area (Å²) >= 11 is 1.78. The van der Waals surface area contributed by atoms with E-state index in [9.17, 15) is 0 Å². The Morgan fingerprint density at radius 2 is 2.16 bits per heavy atom. The SMILES string of the molecule is COCC(CNC1=NCC(c2ccccc2)S1)OC. The number of hydrogen-bond donors (Lipinski definition) is 1. The van der Waals surface area contributed by atoms with E-state index in [-0.39, 0.29) is 6.10 Å². The molecule has 0 amide bonds. The van der Waals surface area contributed by atoms with E-state index >= 15 is 0 Å². The van der Waals surface area contributed by atoms with Gasteiger partial charge in [0.25, 0.3) is 0 Å². The summed E-state index contributed by atoms with van der Waals surface area (Å²) in [5, 5.41) is 4.74. The van der Waals surface area contributed by atoms with Gasteiger partial charge in [-0.1, -0.05) is 42.1 Å². The molecule has 5 heteroatoms. The maximum atomic E-state index is 5.31. The van der Waals surface area contributed by atoms with E-state index in [0.717, 1.165) is 18.3 Å². The Morgan fingerprint density at radius 1 is 1.37 bits per heavy atom. The highest BCUT2D eigenvalue weighted by Gasteiger charge is 2.21. The molecule has 1 N–H and O–H groups in total. The van der Waals surface area contributed by atoms with Gasteiger partial charge in [0.1, 0.15) is 0 Å². The molecule has 1 aromatic rings. The van der Waals surface area contributed by atoms with E-state index < -0.39 is 0 Å². The van der Waals surface area contributed by atoms with E-state index in [4.69, 9.17) is 9.47 Å². The van der Waals surface area contributed by atoms with E-state index in [1.807, 2.05) is 6.07 Å². The van der Waals surface area contributed by atoms with Crippen molar-refractivity contribution < 1.29 is 9.47 Å². The van der Waals surface area contributed by atoms with Crippen molar-refractivity contribution in [2.24, 2.45) is 4.99 Å². The van der Waals surface area contributed by atoms with Crippen LogP contribution in [-0.2, 0) is 9.47 Å². The predicted octanol–water partition coefficient (Wildman–Crippen LogP) is 2.08. The van der Waals surface area contributed by atoms with Gasteiger partial charge < -0.3 is 14.8 Å². The Balaban J connectivity index is 1.79. The van der Waals surface area contributed by atoms with Crippen molar-refractivity contribution in [2.75, 3.05) is 33.9 Å². The molecule has 1 aromatic carbocycles. The van der Waals surface area contributed by atoms with Crippen LogP contribution in [0.3, 0.4) is 0 Å². The van der Waals surface area contributed by atoms with E-state index in [2.05, 4.69) is 34.6 Å². The second-order valence-corrected chi connectivity index (χ2v) is 5.55. The summed E-state index contributed by atoms with van der Waals surface area (Å²) in [6, 6.07) is 10.5. The van der Waals surface area contributed by atoms with Gasteiger partial charge in [-0.25, -0.2) is 0 Å². The molecular weight excluding hydrogens is 260 g/mol. The standard InChI is InChI=1S/C14H20N2O2S/c1-17-10-12(18-2)8-15-14-16-9-13(19-14)11-6-4-3-5-7-11/h3-7,12-13H,8-10H2,1-2H3,(H,15,16). The first-order chi connectivity index (χ1) is 9.33. The van der Waals surface area contributed by atoms with Crippen LogP contribution >= 0.6 is 11.8 Å². The van der Waals surface area contributed by atoms with Crippen LogP contribution in [0.5, 0.6) is 0 Å². The first-order valence-electron chi connectivity index (χ1n) is 6.35. The number of rotatable bonds is 6. The Morgan fingerprint density at radius 3 is 2.84 bits per heavy atom. The highest BCUT2D eigenvalue weighted by atomic mass is 32.2. The highest BCUT2D eigenvalue weighted by molar-refractivity contribution is 8.14. The van der Waals surface area contributed by atoms with Crippen LogP contribution in [0.2, 0.25) is 0 Å². The first kappa shape index (κ1) is 14.4. The summed E-state index contributed by atoms with van der Waals surface area (Å²) < 4.78 is 10.4. The first-order valence-corrected chi connectivity index (χ1v) is 7.23. The molecule has 1 aliphatic rings. The second-order valence-electron chi connectivity index (χ2n) is 4.36. The van der Waals surface area contributed by atoms with E-state index in [1.54, 1.807) is 26.0 Å². The van der Waals surface area contributed by atoms with Gasteiger partial charge >= 0.3 is 0 Å². The second kappa shape index (κ2) is 7.53. The zero-order chi connectivity index (χ0) is 13.5. The summed E-state index contributed by atoms with van der Waals surface area (Å²) in [6.45, 7) is 2.14. The lowest BCUT2D eigenvalue weighted by molar-refractivity contribution is 0.0316. The monoisotopic (exact) mass is 280 g/mol. The van der Waals surface area contributed by atoms with Gasteiger partial charge in [0, 0.05) is 20.8 Å². The minimum atomic E-state index is 0.0593. The van der Waals surface area contributed by atoms with Crippen LogP contribution in [0.4, 0.5) is 0 Å². The van der Waals surface area contributed by atoms with Gasteiger partial charge in [-0.3, -0.25) is 4.99 Å². The molecule has 0 fully saturated rings. The van der Waals surface area contributed by atoms with Crippen molar-refractivity contribution in [2.45, 2.75) is 11.4 Å². The summed E-state index contributed by atoms with van der Waals surface area (Å²) in [6.07, 6.45) is 0.0593. The summed E-state index contributed by atoms with van der Waals surface area (Å²) in [5.74, 6) is 0. The molecular formula is C14H20N2O2S. The number of amidine groups is 1. The van der Waals surface area contributed by atoms with Crippen LogP contribution in [0.25, 0.3) is 0 Å². The average molecular weight is 280 g/mol. The van der Waals surface area contributed by atoms with Crippen LogP contribution in [-0.4, -0.2) is 45.2 Å². The van der Waals surface area contributed by atoms with Gasteiger partial charge in [0.15, 0.2) is 5.17 Å². The molecule has 2 rings (SSSR count). The normalized spacial score (nSPS) is 20.1. The molecule has 104 valence electrons. The number of methoxy groups -OCH3 is 2. The maximum Gasteiger partial charge on any atom is 0.157 e. The number of hydrogen-bond acceptors (Lipinski definition) is 5. The Bertz CT molecular complexity index is 411. The summed E-state index contributed by atoms with van der Waals surface area (Å²) in [7, 11) is 3.38. The lowest BCUT2D eigenvalue weighted by atomic mass is 10.1. The quantitative estimate of drug-likeness (QED) is 0.866. The third-order valence-corrected chi connectivity index (χ3v) is 4.20. The molecule has 0 saturated heterocycles. The van der Waals surface area contributed by atoms with Crippen molar-refractivity contribution in [3.8, 4) is 0 Å². The molecule has 0 aliphatic carbocycles. The minimum Gasteiger partial charge on any atom is -0.382 e. The molecule has 2 unspecified atom stereocenters. The fourth-order valence-electron chi connectivity index (χ4n) is 1.91. The molecule has 19 heavy (non-hydrogen) atoms. The number of ether oxygens (including phenoxy) is 2. The Hall–Kier alpha value is -1.04. The number of thioether (sulfide) groups is 1. The third kappa shape index (κ3) is 4.23. The number of aliphatic imine (C=N–C) groups is 1. The Kier molecular flexibility index (Phi) is 5.69. The fourth-order valence-corrected chi connectivity index (χ4v) is 2.94. The Labute approximate surface area is 118 Å².